The number of nitrogens with one attached hydrogen (secondary N) is 1. The van der Waals surface area contributed by atoms with Gasteiger partial charge in [-0.2, -0.15) is 0 Å². The van der Waals surface area contributed by atoms with E-state index in [2.05, 4.69) is 10.3 Å². The van der Waals surface area contributed by atoms with E-state index in [1.807, 2.05) is 0 Å². The zero-order chi connectivity index (χ0) is 21.6. The van der Waals surface area contributed by atoms with E-state index >= 15 is 0 Å². The van der Waals surface area contributed by atoms with Crippen molar-refractivity contribution < 1.29 is 27.1 Å². The number of nitrogens with zero attached hydrogens (tertiary/aromatic N) is 2. The molecule has 2 heterocycles. The second kappa shape index (κ2) is 7.37. The second-order valence-corrected chi connectivity index (χ2v) is 10.4. The highest BCUT2D eigenvalue weighted by Gasteiger charge is 2.59. The Bertz CT molecular complexity index is 892. The number of sulfonamides is 1. The van der Waals surface area contributed by atoms with E-state index in [1.54, 1.807) is 20.8 Å². The zero-order valence-corrected chi connectivity index (χ0v) is 17.8. The Labute approximate surface area is 169 Å². The lowest BCUT2D eigenvalue weighted by Gasteiger charge is -2.51. The van der Waals surface area contributed by atoms with Gasteiger partial charge in [-0.05, 0) is 46.1 Å². The van der Waals surface area contributed by atoms with E-state index in [0.29, 0.717) is 12.8 Å². The number of halogens is 1. The molecule has 0 aromatic rings. The van der Waals surface area contributed by atoms with Crippen LogP contribution in [-0.2, 0) is 19.5 Å². The quantitative estimate of drug-likeness (QED) is 0.646. The molecule has 2 saturated heterocycles. The predicted octanol–water partition coefficient (Wildman–Crippen LogP) is 1.53. The largest absolute Gasteiger partial charge is 0.442 e. The zero-order valence-electron chi connectivity index (χ0n) is 16.9. The normalized spacial score (nSPS) is 33.3. The number of guanidine groups is 1. The number of rotatable bonds is 1. The highest BCUT2D eigenvalue weighted by Crippen LogP contribution is 2.43. The molecule has 0 radical (unpaired) electrons. The van der Waals surface area contributed by atoms with Crippen LogP contribution in [0.15, 0.2) is 28.5 Å². The summed E-state index contributed by atoms with van der Waals surface area (Å²) in [6.07, 6.45) is 2.94. The van der Waals surface area contributed by atoms with Crippen LogP contribution >= 0.6 is 0 Å². The third kappa shape index (κ3) is 4.03. The van der Waals surface area contributed by atoms with Gasteiger partial charge in [-0.15, -0.1) is 4.99 Å². The fourth-order valence-electron chi connectivity index (χ4n) is 3.68. The summed E-state index contributed by atoms with van der Waals surface area (Å²) in [6, 6.07) is -0.461. The van der Waals surface area contributed by atoms with Gasteiger partial charge in [-0.25, -0.2) is 21.9 Å². The Kier molecular flexibility index (Phi) is 5.52. The van der Waals surface area contributed by atoms with Gasteiger partial charge in [0.1, 0.15) is 17.0 Å². The van der Waals surface area contributed by atoms with Crippen LogP contribution in [0.25, 0.3) is 0 Å². The Balaban J connectivity index is 2.10. The molecule has 3 N–H and O–H groups in total. The third-order valence-electron chi connectivity index (χ3n) is 4.95. The Morgan fingerprint density at radius 2 is 2.17 bits per heavy atom. The van der Waals surface area contributed by atoms with Crippen LogP contribution in [0.2, 0.25) is 0 Å². The van der Waals surface area contributed by atoms with Crippen molar-refractivity contribution in [3.8, 4) is 0 Å². The first kappa shape index (κ1) is 21.7. The number of hydrogen-bond acceptors (Lipinski definition) is 6. The molecule has 29 heavy (non-hydrogen) atoms. The molecule has 0 saturated carbocycles. The molecule has 2 aliphatic heterocycles. The molecule has 3 rings (SSSR count). The van der Waals surface area contributed by atoms with Crippen molar-refractivity contribution >= 4 is 22.1 Å². The molecule has 0 aromatic carbocycles. The molecule has 2 fully saturated rings. The molecular formula is C18H27FN4O5S. The fourth-order valence-corrected chi connectivity index (χ4v) is 5.37. The monoisotopic (exact) mass is 430 g/mol. The minimum absolute atomic E-state index is 0.106. The van der Waals surface area contributed by atoms with Gasteiger partial charge in [-0.1, -0.05) is 6.08 Å². The Morgan fingerprint density at radius 3 is 2.83 bits per heavy atom. The first-order valence-corrected chi connectivity index (χ1v) is 10.9. The Hall–Kier alpha value is -1.98. The highest BCUT2D eigenvalue weighted by atomic mass is 32.2. The SMILES string of the molecule is CN1/C(=N/C(=O)OC(C)(C)C)N[C@@]2(C3=CC(N)CC=C3F)CCCOC2S1(=O)=O. The molecule has 1 amide bonds. The molecule has 2 unspecified atom stereocenters. The average molecular weight is 431 g/mol. The van der Waals surface area contributed by atoms with Crippen molar-refractivity contribution in [2.45, 2.75) is 62.7 Å². The number of carbonyl (C=O) groups is 1. The van der Waals surface area contributed by atoms with Crippen molar-refractivity contribution in [1.82, 2.24) is 9.62 Å². The van der Waals surface area contributed by atoms with E-state index in [4.69, 9.17) is 15.2 Å². The summed E-state index contributed by atoms with van der Waals surface area (Å²) in [5.74, 6) is -0.820. The van der Waals surface area contributed by atoms with Crippen LogP contribution < -0.4 is 11.1 Å². The Morgan fingerprint density at radius 1 is 1.48 bits per heavy atom. The smallest absolute Gasteiger partial charge is 0.437 e. The van der Waals surface area contributed by atoms with E-state index in [0.717, 1.165) is 4.31 Å². The minimum Gasteiger partial charge on any atom is -0.442 e. The van der Waals surface area contributed by atoms with Gasteiger partial charge in [0, 0.05) is 25.3 Å². The standard InChI is InChI=1S/C18H27FN4O5S/c1-17(2,3)28-16(24)21-15-22-18(12-10-11(20)6-7-13(12)19)8-5-9-27-14(18)29(25,26)23(15)4/h7,10-11,14H,5-6,8-9,20H2,1-4H3,(H,21,22,24)/t11?,14?,18-/m1/s1. The van der Waals surface area contributed by atoms with Crippen molar-refractivity contribution in [2.24, 2.45) is 10.7 Å². The minimum atomic E-state index is -4.11. The van der Waals surface area contributed by atoms with Crippen LogP contribution in [0.3, 0.4) is 0 Å². The molecule has 11 heteroatoms. The number of hydrogen-bond donors (Lipinski definition) is 2. The summed E-state index contributed by atoms with van der Waals surface area (Å²) in [5, 5.41) is 2.98. The van der Waals surface area contributed by atoms with Crippen molar-refractivity contribution in [2.75, 3.05) is 13.7 Å². The molecule has 1 aliphatic carbocycles. The van der Waals surface area contributed by atoms with Crippen LogP contribution in [-0.4, -0.2) is 61.0 Å². The lowest BCUT2D eigenvalue weighted by atomic mass is 9.80. The van der Waals surface area contributed by atoms with E-state index in [-0.39, 0.29) is 24.6 Å². The van der Waals surface area contributed by atoms with E-state index in [1.165, 1.54) is 19.2 Å². The summed E-state index contributed by atoms with van der Waals surface area (Å²) in [7, 11) is -2.86. The number of amides is 1. The van der Waals surface area contributed by atoms with Crippen molar-refractivity contribution in [3.05, 3.63) is 23.6 Å². The second-order valence-electron chi connectivity index (χ2n) is 8.36. The van der Waals surface area contributed by atoms with E-state index < -0.39 is 44.6 Å². The molecule has 0 aromatic heterocycles. The molecule has 3 aliphatic rings. The topological polar surface area (TPSA) is 123 Å². The molecule has 0 bridgehead atoms. The predicted molar refractivity (Wildman–Crippen MR) is 105 cm³/mol. The van der Waals surface area contributed by atoms with Gasteiger partial charge in [0.25, 0.3) is 10.0 Å². The lowest BCUT2D eigenvalue weighted by Crippen LogP contribution is -2.72. The highest BCUT2D eigenvalue weighted by molar-refractivity contribution is 7.90. The summed E-state index contributed by atoms with van der Waals surface area (Å²) in [5.41, 5.74) is 2.42. The number of nitrogens with two attached hydrogens (primary N) is 1. The first-order chi connectivity index (χ1) is 13.4. The summed E-state index contributed by atoms with van der Waals surface area (Å²) >= 11 is 0. The number of aliphatic imine (C=N–C) groups is 1. The van der Waals surface area contributed by atoms with Crippen molar-refractivity contribution in [3.63, 3.8) is 0 Å². The molecule has 0 spiro atoms. The van der Waals surface area contributed by atoms with Gasteiger partial charge in [0.2, 0.25) is 11.4 Å². The molecule has 3 atom stereocenters. The van der Waals surface area contributed by atoms with Gasteiger partial charge in [0.15, 0.2) is 0 Å². The van der Waals surface area contributed by atoms with Crippen LogP contribution in [0, 0.1) is 0 Å². The average Bonchev–Trinajstić information content (AvgIpc) is 2.60. The van der Waals surface area contributed by atoms with Gasteiger partial charge in [-0.3, -0.25) is 0 Å². The lowest BCUT2D eigenvalue weighted by molar-refractivity contribution is 0.00621. The van der Waals surface area contributed by atoms with Gasteiger partial charge < -0.3 is 20.5 Å². The van der Waals surface area contributed by atoms with Gasteiger partial charge >= 0.3 is 6.09 Å². The third-order valence-corrected chi connectivity index (χ3v) is 6.97. The maximum atomic E-state index is 14.8. The summed E-state index contributed by atoms with van der Waals surface area (Å²) in [6.45, 7) is 5.21. The van der Waals surface area contributed by atoms with Crippen molar-refractivity contribution in [1.29, 1.82) is 0 Å². The first-order valence-electron chi connectivity index (χ1n) is 9.40. The number of fused-ring (bicyclic) bond motifs is 1. The number of carbonyl (C=O) groups excluding carboxylic acids is 1. The summed E-state index contributed by atoms with van der Waals surface area (Å²) < 4.78 is 52.8. The fraction of sp³-hybridized carbons (Fsp3) is 0.667. The van der Waals surface area contributed by atoms with E-state index in [9.17, 15) is 17.6 Å². The maximum absolute atomic E-state index is 14.8. The number of ether oxygens (including phenoxy) is 2. The van der Waals surface area contributed by atoms with Gasteiger partial charge in [0.05, 0.1) is 0 Å². The molecular weight excluding hydrogens is 403 g/mol. The molecule has 162 valence electrons. The van der Waals surface area contributed by atoms with Crippen LogP contribution in [0.5, 0.6) is 0 Å². The summed E-state index contributed by atoms with van der Waals surface area (Å²) in [4.78, 5) is 16.0. The van der Waals surface area contributed by atoms with Crippen LogP contribution in [0.1, 0.15) is 40.0 Å². The molecule has 9 nitrogen and oxygen atoms in total. The maximum Gasteiger partial charge on any atom is 0.437 e. The van der Waals surface area contributed by atoms with Crippen LogP contribution in [0.4, 0.5) is 9.18 Å².